The number of rotatable bonds is 4. The van der Waals surface area contributed by atoms with Crippen LogP contribution in [-0.4, -0.2) is 54.2 Å². The van der Waals surface area contributed by atoms with Crippen molar-refractivity contribution in [3.63, 3.8) is 0 Å². The van der Waals surface area contributed by atoms with Crippen molar-refractivity contribution in [1.29, 1.82) is 0 Å². The lowest BCUT2D eigenvalue weighted by Gasteiger charge is -2.33. The summed E-state index contributed by atoms with van der Waals surface area (Å²) in [4.78, 5) is 23.9. The molecule has 1 amide bonds. The summed E-state index contributed by atoms with van der Waals surface area (Å²) in [5.74, 6) is 2.85. The third-order valence-electron chi connectivity index (χ3n) is 4.26. The SMILES string of the molecule is Cc1cc(N2CCN(C=O)CC2)nc(Nc2ccc3c(c2)OCO3)n1. The molecule has 2 aromatic rings. The third kappa shape index (κ3) is 3.28. The smallest absolute Gasteiger partial charge is 0.231 e. The summed E-state index contributed by atoms with van der Waals surface area (Å²) in [5.41, 5.74) is 1.72. The standard InChI is InChI=1S/C17H19N5O3/c1-12-8-16(22-6-4-21(10-23)5-7-22)20-17(18-12)19-13-2-3-14-15(9-13)25-11-24-14/h2-3,8-10H,4-7,11H2,1H3,(H,18,19,20). The Balaban J connectivity index is 1.52. The van der Waals surface area contributed by atoms with Crippen LogP contribution >= 0.6 is 0 Å². The number of carbonyl (C=O) groups is 1. The predicted octanol–water partition coefficient (Wildman–Crippen LogP) is 1.54. The number of aromatic nitrogens is 2. The molecule has 0 atom stereocenters. The summed E-state index contributed by atoms with van der Waals surface area (Å²) in [6.45, 7) is 5.13. The van der Waals surface area contributed by atoms with Gasteiger partial charge in [-0.05, 0) is 19.1 Å². The Hall–Kier alpha value is -3.03. The number of carbonyl (C=O) groups excluding carboxylic acids is 1. The lowest BCUT2D eigenvalue weighted by molar-refractivity contribution is -0.118. The lowest BCUT2D eigenvalue weighted by atomic mass is 10.3. The molecule has 8 nitrogen and oxygen atoms in total. The van der Waals surface area contributed by atoms with Gasteiger partial charge >= 0.3 is 0 Å². The zero-order valence-electron chi connectivity index (χ0n) is 13.9. The fourth-order valence-corrected chi connectivity index (χ4v) is 2.93. The van der Waals surface area contributed by atoms with Gasteiger partial charge in [-0.15, -0.1) is 0 Å². The molecule has 8 heteroatoms. The van der Waals surface area contributed by atoms with Gasteiger partial charge in [0.25, 0.3) is 0 Å². The average Bonchev–Trinajstić information content (AvgIpc) is 3.09. The van der Waals surface area contributed by atoms with Crippen LogP contribution in [-0.2, 0) is 4.79 Å². The van der Waals surface area contributed by atoms with Crippen molar-refractivity contribution in [2.75, 3.05) is 43.2 Å². The van der Waals surface area contributed by atoms with Crippen molar-refractivity contribution >= 4 is 23.9 Å². The number of hydrogen-bond acceptors (Lipinski definition) is 7. The van der Waals surface area contributed by atoms with Crippen molar-refractivity contribution < 1.29 is 14.3 Å². The first-order valence-corrected chi connectivity index (χ1v) is 8.18. The summed E-state index contributed by atoms with van der Waals surface area (Å²) < 4.78 is 10.7. The average molecular weight is 341 g/mol. The second-order valence-corrected chi connectivity index (χ2v) is 6.01. The molecule has 0 bridgehead atoms. The van der Waals surface area contributed by atoms with E-state index in [1.165, 1.54) is 0 Å². The summed E-state index contributed by atoms with van der Waals surface area (Å²) >= 11 is 0. The second-order valence-electron chi connectivity index (χ2n) is 6.01. The fraction of sp³-hybridized carbons (Fsp3) is 0.353. The van der Waals surface area contributed by atoms with Crippen LogP contribution in [0.4, 0.5) is 17.5 Å². The highest BCUT2D eigenvalue weighted by atomic mass is 16.7. The first-order chi connectivity index (χ1) is 12.2. The van der Waals surface area contributed by atoms with E-state index >= 15 is 0 Å². The number of fused-ring (bicyclic) bond motifs is 1. The van der Waals surface area contributed by atoms with E-state index in [1.54, 1.807) is 4.90 Å². The molecule has 25 heavy (non-hydrogen) atoms. The quantitative estimate of drug-likeness (QED) is 0.845. The fourth-order valence-electron chi connectivity index (χ4n) is 2.93. The minimum absolute atomic E-state index is 0.247. The third-order valence-corrected chi connectivity index (χ3v) is 4.26. The number of piperazine rings is 1. The van der Waals surface area contributed by atoms with Crippen molar-refractivity contribution in [1.82, 2.24) is 14.9 Å². The van der Waals surface area contributed by atoms with Gasteiger partial charge in [-0.2, -0.15) is 4.98 Å². The Labute approximate surface area is 145 Å². The summed E-state index contributed by atoms with van der Waals surface area (Å²) in [5, 5.41) is 3.22. The maximum absolute atomic E-state index is 10.8. The Morgan fingerprint density at radius 1 is 1.08 bits per heavy atom. The number of amides is 1. The van der Waals surface area contributed by atoms with Crippen LogP contribution in [0.2, 0.25) is 0 Å². The number of nitrogens with zero attached hydrogens (tertiary/aromatic N) is 4. The van der Waals surface area contributed by atoms with E-state index in [1.807, 2.05) is 31.2 Å². The molecule has 0 spiro atoms. The topological polar surface area (TPSA) is 79.8 Å². The second kappa shape index (κ2) is 6.46. The number of anilines is 3. The summed E-state index contributed by atoms with van der Waals surface area (Å²) in [6.07, 6.45) is 0.898. The predicted molar refractivity (Wildman–Crippen MR) is 92.5 cm³/mol. The molecular weight excluding hydrogens is 322 g/mol. The maximum Gasteiger partial charge on any atom is 0.231 e. The Morgan fingerprint density at radius 2 is 1.88 bits per heavy atom. The molecule has 1 aromatic carbocycles. The van der Waals surface area contributed by atoms with Crippen LogP contribution in [0.1, 0.15) is 5.69 Å². The number of benzene rings is 1. The highest BCUT2D eigenvalue weighted by Crippen LogP contribution is 2.34. The van der Waals surface area contributed by atoms with E-state index in [9.17, 15) is 4.79 Å². The summed E-state index contributed by atoms with van der Waals surface area (Å²) in [7, 11) is 0. The van der Waals surface area contributed by atoms with E-state index in [-0.39, 0.29) is 6.79 Å². The zero-order chi connectivity index (χ0) is 17.2. The number of hydrogen-bond donors (Lipinski definition) is 1. The van der Waals surface area contributed by atoms with Gasteiger partial charge < -0.3 is 24.6 Å². The van der Waals surface area contributed by atoms with Crippen LogP contribution in [0.3, 0.4) is 0 Å². The lowest BCUT2D eigenvalue weighted by Crippen LogP contribution is -2.46. The van der Waals surface area contributed by atoms with E-state index in [2.05, 4.69) is 20.2 Å². The molecule has 0 aliphatic carbocycles. The monoisotopic (exact) mass is 341 g/mol. The molecule has 4 rings (SSSR count). The van der Waals surface area contributed by atoms with Gasteiger partial charge in [0, 0.05) is 49.7 Å². The van der Waals surface area contributed by atoms with Gasteiger partial charge in [0.2, 0.25) is 19.2 Å². The molecule has 1 N–H and O–H groups in total. The summed E-state index contributed by atoms with van der Waals surface area (Å²) in [6, 6.07) is 7.60. The molecule has 1 saturated heterocycles. The normalized spacial score (nSPS) is 16.0. The van der Waals surface area contributed by atoms with Gasteiger partial charge in [0.1, 0.15) is 5.82 Å². The van der Waals surface area contributed by atoms with E-state index < -0.39 is 0 Å². The van der Waals surface area contributed by atoms with E-state index in [0.29, 0.717) is 24.8 Å². The largest absolute Gasteiger partial charge is 0.454 e. The number of aryl methyl sites for hydroxylation is 1. The molecular formula is C17H19N5O3. The molecule has 2 aliphatic rings. The van der Waals surface area contributed by atoms with Crippen LogP contribution in [0.15, 0.2) is 24.3 Å². The van der Waals surface area contributed by atoms with E-state index in [4.69, 9.17) is 9.47 Å². The first kappa shape index (κ1) is 15.5. The number of nitrogens with one attached hydrogen (secondary N) is 1. The zero-order valence-corrected chi connectivity index (χ0v) is 13.9. The Kier molecular flexibility index (Phi) is 4.01. The highest BCUT2D eigenvalue weighted by molar-refractivity contribution is 5.61. The molecule has 1 fully saturated rings. The Bertz CT molecular complexity index is 790. The van der Waals surface area contributed by atoms with Crippen LogP contribution in [0.25, 0.3) is 0 Å². The van der Waals surface area contributed by atoms with Gasteiger partial charge in [-0.25, -0.2) is 4.98 Å². The molecule has 130 valence electrons. The molecule has 2 aliphatic heterocycles. The van der Waals surface area contributed by atoms with Crippen molar-refractivity contribution in [3.8, 4) is 11.5 Å². The Morgan fingerprint density at radius 3 is 2.68 bits per heavy atom. The molecule has 0 saturated carbocycles. The van der Waals surface area contributed by atoms with Crippen molar-refractivity contribution in [2.24, 2.45) is 0 Å². The van der Waals surface area contributed by atoms with Crippen molar-refractivity contribution in [3.05, 3.63) is 30.0 Å². The van der Waals surface area contributed by atoms with Crippen LogP contribution in [0.5, 0.6) is 11.5 Å². The molecule has 3 heterocycles. The van der Waals surface area contributed by atoms with Gasteiger partial charge in [0.05, 0.1) is 0 Å². The first-order valence-electron chi connectivity index (χ1n) is 8.18. The van der Waals surface area contributed by atoms with Gasteiger partial charge in [0.15, 0.2) is 11.5 Å². The van der Waals surface area contributed by atoms with Gasteiger partial charge in [-0.1, -0.05) is 0 Å². The highest BCUT2D eigenvalue weighted by Gasteiger charge is 2.18. The minimum Gasteiger partial charge on any atom is -0.454 e. The van der Waals surface area contributed by atoms with Crippen LogP contribution < -0.4 is 19.7 Å². The van der Waals surface area contributed by atoms with Gasteiger partial charge in [-0.3, -0.25) is 4.79 Å². The molecule has 0 unspecified atom stereocenters. The molecule has 0 radical (unpaired) electrons. The minimum atomic E-state index is 0.247. The van der Waals surface area contributed by atoms with Crippen molar-refractivity contribution in [2.45, 2.75) is 6.92 Å². The number of ether oxygens (including phenoxy) is 2. The van der Waals surface area contributed by atoms with Crippen LogP contribution in [0, 0.1) is 6.92 Å². The molecule has 1 aromatic heterocycles. The maximum atomic E-state index is 10.8. The van der Waals surface area contributed by atoms with E-state index in [0.717, 1.165) is 42.4 Å².